The van der Waals surface area contributed by atoms with Crippen molar-refractivity contribution in [2.75, 3.05) is 6.54 Å². The minimum atomic E-state index is 0.795. The van der Waals surface area contributed by atoms with Gasteiger partial charge < -0.3 is 5.73 Å². The normalized spacial score (nSPS) is 21.4. The van der Waals surface area contributed by atoms with Crippen molar-refractivity contribution in [3.8, 4) is 0 Å². The highest BCUT2D eigenvalue weighted by atomic mass is 14.5. The van der Waals surface area contributed by atoms with Crippen LogP contribution >= 0.6 is 0 Å². The number of allylic oxidation sites excluding steroid dienone is 1. The summed E-state index contributed by atoms with van der Waals surface area (Å²) in [5.41, 5.74) is 5.42. The number of nitrogens with two attached hydrogens (primary N) is 1. The molecular weight excluding hydrogens is 146 g/mol. The molecule has 1 rings (SSSR count). The van der Waals surface area contributed by atoms with E-state index in [0.29, 0.717) is 0 Å². The van der Waals surface area contributed by atoms with Gasteiger partial charge in [-0.05, 0) is 31.7 Å². The van der Waals surface area contributed by atoms with Crippen molar-refractivity contribution in [1.29, 1.82) is 0 Å². The van der Waals surface area contributed by atoms with Crippen LogP contribution in [0.3, 0.4) is 0 Å². The second-order valence-corrected chi connectivity index (χ2v) is 3.76. The highest BCUT2D eigenvalue weighted by Gasteiger charge is 2.07. The van der Waals surface area contributed by atoms with Gasteiger partial charge >= 0.3 is 0 Å². The Morgan fingerprint density at radius 3 is 2.33 bits per heavy atom. The predicted molar refractivity (Wildman–Crippen MR) is 54.0 cm³/mol. The third-order valence-corrected chi connectivity index (χ3v) is 2.64. The van der Waals surface area contributed by atoms with Gasteiger partial charge in [-0.15, -0.1) is 0 Å². The van der Waals surface area contributed by atoms with Crippen molar-refractivity contribution in [2.24, 2.45) is 11.7 Å². The lowest BCUT2D eigenvalue weighted by Gasteiger charge is -2.06. The second kappa shape index (κ2) is 6.24. The summed E-state index contributed by atoms with van der Waals surface area (Å²) in [7, 11) is 0. The summed E-state index contributed by atoms with van der Waals surface area (Å²) >= 11 is 0. The lowest BCUT2D eigenvalue weighted by Crippen LogP contribution is -1.97. The van der Waals surface area contributed by atoms with E-state index >= 15 is 0 Å². The van der Waals surface area contributed by atoms with E-state index in [0.717, 1.165) is 18.9 Å². The summed E-state index contributed by atoms with van der Waals surface area (Å²) in [5, 5.41) is 0. The average Bonchev–Trinajstić information content (AvgIpc) is 2.33. The van der Waals surface area contributed by atoms with E-state index < -0.39 is 0 Å². The molecule has 0 unspecified atom stereocenters. The van der Waals surface area contributed by atoms with Crippen molar-refractivity contribution in [3.63, 3.8) is 0 Å². The maximum absolute atomic E-state index is 5.42. The molecule has 0 aromatic carbocycles. The fourth-order valence-electron chi connectivity index (χ4n) is 1.89. The van der Waals surface area contributed by atoms with Crippen LogP contribution in [0.4, 0.5) is 0 Å². The smallest absolute Gasteiger partial charge is 0.00426 e. The quantitative estimate of drug-likeness (QED) is 0.507. The molecule has 70 valence electrons. The Labute approximate surface area is 76.0 Å². The first-order chi connectivity index (χ1) is 5.93. The van der Waals surface area contributed by atoms with Crippen LogP contribution in [-0.4, -0.2) is 6.54 Å². The molecule has 0 aromatic heterocycles. The molecule has 1 saturated carbocycles. The third-order valence-electron chi connectivity index (χ3n) is 2.64. The largest absolute Gasteiger partial charge is 0.330 e. The van der Waals surface area contributed by atoms with E-state index in [9.17, 15) is 0 Å². The first-order valence-corrected chi connectivity index (χ1v) is 5.30. The van der Waals surface area contributed by atoms with Crippen LogP contribution in [0, 0.1) is 5.92 Å². The molecule has 0 amide bonds. The SMILES string of the molecule is NCCC=CC1CCCCCC1. The van der Waals surface area contributed by atoms with Gasteiger partial charge in [0.2, 0.25) is 0 Å². The molecule has 2 N–H and O–H groups in total. The van der Waals surface area contributed by atoms with Crippen LogP contribution in [0.25, 0.3) is 0 Å². The van der Waals surface area contributed by atoms with Crippen molar-refractivity contribution in [2.45, 2.75) is 44.9 Å². The van der Waals surface area contributed by atoms with E-state index in [4.69, 9.17) is 5.73 Å². The number of rotatable bonds is 3. The van der Waals surface area contributed by atoms with E-state index in [1.807, 2.05) is 0 Å². The van der Waals surface area contributed by atoms with Crippen molar-refractivity contribution in [3.05, 3.63) is 12.2 Å². The second-order valence-electron chi connectivity index (χ2n) is 3.76. The van der Waals surface area contributed by atoms with Gasteiger partial charge in [-0.3, -0.25) is 0 Å². The monoisotopic (exact) mass is 167 g/mol. The minimum Gasteiger partial charge on any atom is -0.330 e. The molecule has 0 spiro atoms. The van der Waals surface area contributed by atoms with Crippen LogP contribution in [-0.2, 0) is 0 Å². The van der Waals surface area contributed by atoms with Gasteiger partial charge in [0, 0.05) is 0 Å². The third kappa shape index (κ3) is 3.91. The van der Waals surface area contributed by atoms with Gasteiger partial charge in [-0.25, -0.2) is 0 Å². The van der Waals surface area contributed by atoms with Crippen LogP contribution in [0.1, 0.15) is 44.9 Å². The first kappa shape index (κ1) is 9.79. The molecule has 1 nitrogen and oxygen atoms in total. The molecule has 0 aromatic rings. The number of hydrogen-bond donors (Lipinski definition) is 1. The van der Waals surface area contributed by atoms with Crippen LogP contribution < -0.4 is 5.73 Å². The van der Waals surface area contributed by atoms with Crippen molar-refractivity contribution >= 4 is 0 Å². The zero-order chi connectivity index (χ0) is 8.65. The standard InChI is InChI=1S/C11H21N/c12-10-6-5-9-11-7-3-1-2-4-8-11/h5,9,11H,1-4,6-8,10,12H2. The Bertz CT molecular complexity index is 121. The Balaban J connectivity index is 2.19. The summed E-state index contributed by atoms with van der Waals surface area (Å²) < 4.78 is 0. The molecule has 0 heterocycles. The molecule has 0 atom stereocenters. The first-order valence-electron chi connectivity index (χ1n) is 5.30. The maximum Gasteiger partial charge on any atom is -0.00426 e. The van der Waals surface area contributed by atoms with Gasteiger partial charge in [-0.2, -0.15) is 0 Å². The molecule has 0 bridgehead atoms. The molecule has 1 fully saturated rings. The molecule has 1 aliphatic rings. The van der Waals surface area contributed by atoms with Crippen LogP contribution in [0.15, 0.2) is 12.2 Å². The van der Waals surface area contributed by atoms with Gasteiger partial charge in [0.1, 0.15) is 0 Å². The molecule has 1 heteroatoms. The summed E-state index contributed by atoms with van der Waals surface area (Å²) in [5.74, 6) is 0.860. The van der Waals surface area contributed by atoms with Crippen molar-refractivity contribution in [1.82, 2.24) is 0 Å². The molecule has 0 radical (unpaired) electrons. The fourth-order valence-corrected chi connectivity index (χ4v) is 1.89. The molecular formula is C11H21N. The van der Waals surface area contributed by atoms with Gasteiger partial charge in [0.25, 0.3) is 0 Å². The van der Waals surface area contributed by atoms with E-state index in [1.165, 1.54) is 38.5 Å². The topological polar surface area (TPSA) is 26.0 Å². The highest BCUT2D eigenvalue weighted by molar-refractivity contribution is 4.89. The summed E-state index contributed by atoms with van der Waals surface area (Å²) in [4.78, 5) is 0. The summed E-state index contributed by atoms with van der Waals surface area (Å²) in [6.45, 7) is 0.795. The van der Waals surface area contributed by atoms with E-state index in [1.54, 1.807) is 0 Å². The predicted octanol–water partition coefficient (Wildman–Crippen LogP) is 2.86. The highest BCUT2D eigenvalue weighted by Crippen LogP contribution is 2.23. The molecule has 0 saturated heterocycles. The Morgan fingerprint density at radius 2 is 1.75 bits per heavy atom. The van der Waals surface area contributed by atoms with E-state index in [-0.39, 0.29) is 0 Å². The summed E-state index contributed by atoms with van der Waals surface area (Å²) in [6, 6.07) is 0. The fraction of sp³-hybridized carbons (Fsp3) is 0.818. The number of hydrogen-bond acceptors (Lipinski definition) is 1. The molecule has 1 aliphatic carbocycles. The van der Waals surface area contributed by atoms with Gasteiger partial charge in [0.05, 0.1) is 0 Å². The lowest BCUT2D eigenvalue weighted by atomic mass is 10.00. The van der Waals surface area contributed by atoms with Gasteiger partial charge in [-0.1, -0.05) is 37.8 Å². The minimum absolute atomic E-state index is 0.795. The van der Waals surface area contributed by atoms with E-state index in [2.05, 4.69) is 12.2 Å². The molecule has 12 heavy (non-hydrogen) atoms. The van der Waals surface area contributed by atoms with Crippen LogP contribution in [0.2, 0.25) is 0 Å². The Kier molecular flexibility index (Phi) is 5.09. The maximum atomic E-state index is 5.42. The zero-order valence-electron chi connectivity index (χ0n) is 7.97. The van der Waals surface area contributed by atoms with Crippen molar-refractivity contribution < 1.29 is 0 Å². The average molecular weight is 167 g/mol. The zero-order valence-corrected chi connectivity index (χ0v) is 7.97. The summed E-state index contributed by atoms with van der Waals surface area (Å²) in [6.07, 6.45) is 14.3. The van der Waals surface area contributed by atoms with Gasteiger partial charge in [0.15, 0.2) is 0 Å². The lowest BCUT2D eigenvalue weighted by molar-refractivity contribution is 0.557. The Hall–Kier alpha value is -0.300. The molecule has 0 aliphatic heterocycles. The Morgan fingerprint density at radius 1 is 1.08 bits per heavy atom. The van der Waals surface area contributed by atoms with Crippen LogP contribution in [0.5, 0.6) is 0 Å².